The van der Waals surface area contributed by atoms with E-state index in [4.69, 9.17) is 83.8 Å². The SMILES string of the molecule is C[C@H](NC(=O)OCC(Cl)(Cl)Cl)[C@H]1CCC2C3CC=C4C[C@@H](C(CCCCCI)OC(CCCCCI)[C@H]5CC[C@@]6(C)C(=CCC7C6CC[C@@]6(C)C7CC[C@@H]6[C@H](C)NC(=O)OCC(Cl)(Cl)Cl)C5)CC[C@]4(C)C3CC[C@@]21C. The lowest BCUT2D eigenvalue weighted by Gasteiger charge is -2.59. The molecule has 0 aromatic rings. The Bertz CT molecular complexity index is 1880. The lowest BCUT2D eigenvalue weighted by molar-refractivity contribution is -0.103. The van der Waals surface area contributed by atoms with Crippen LogP contribution in [0.2, 0.25) is 0 Å². The summed E-state index contributed by atoms with van der Waals surface area (Å²) in [6, 6.07) is -0.0143. The first-order valence-electron chi connectivity index (χ1n) is 29.6. The number of fused-ring (bicyclic) bond motifs is 10. The quantitative estimate of drug-likeness (QED) is 0.0549. The minimum absolute atomic E-state index is 0.00716. The van der Waals surface area contributed by atoms with Crippen molar-refractivity contribution in [2.24, 2.45) is 80.8 Å². The predicted molar refractivity (Wildman–Crippen MR) is 329 cm³/mol. The number of amides is 2. The molecule has 15 heteroatoms. The summed E-state index contributed by atoms with van der Waals surface area (Å²) in [6.07, 6.45) is 34.7. The lowest BCUT2D eigenvalue weighted by Crippen LogP contribution is -2.53. The van der Waals surface area contributed by atoms with Crippen LogP contribution >= 0.6 is 115 Å². The molecule has 75 heavy (non-hydrogen) atoms. The fourth-order valence-corrected chi connectivity index (χ4v) is 20.4. The van der Waals surface area contributed by atoms with Crippen LogP contribution in [0.4, 0.5) is 9.59 Å². The molecule has 2 N–H and O–H groups in total. The summed E-state index contributed by atoms with van der Waals surface area (Å²) in [4.78, 5) is 25.6. The Balaban J connectivity index is 0.940. The van der Waals surface area contributed by atoms with Gasteiger partial charge in [-0.15, -0.1) is 0 Å². The highest BCUT2D eigenvalue weighted by molar-refractivity contribution is 14.1. The van der Waals surface area contributed by atoms with Crippen molar-refractivity contribution in [3.8, 4) is 0 Å². The van der Waals surface area contributed by atoms with Crippen LogP contribution in [0.25, 0.3) is 0 Å². The third kappa shape index (κ3) is 14.1. The van der Waals surface area contributed by atoms with Gasteiger partial charge >= 0.3 is 12.2 Å². The minimum Gasteiger partial charge on any atom is -0.445 e. The summed E-state index contributed by atoms with van der Waals surface area (Å²) >= 11 is 40.4. The molecule has 0 saturated heterocycles. The molecular formula is C60H92Cl6I2N2O5. The van der Waals surface area contributed by atoms with Gasteiger partial charge in [0.2, 0.25) is 7.59 Å². The molecule has 8 rings (SSSR count). The number of carbonyl (C=O) groups excluding carboxylic acids is 2. The van der Waals surface area contributed by atoms with Crippen molar-refractivity contribution in [1.82, 2.24) is 10.6 Å². The molecule has 0 aliphatic heterocycles. The zero-order chi connectivity index (χ0) is 54.1. The standard InChI is InChI=1S/C60H92Cl6I2N2O5/c1-37(69-53(71)73-35-59(61,62)63)45-19-21-47-43-17-15-41-33-39(23-27-55(41,3)49(43)25-29-57(45,47)5)51(13-9-7-11-31-67)75-52(14-10-8-12-32-68)40-24-28-56(4)42(34-40)16-18-44-48-22-20-46(58(48,6)30-26-50(44)56)38(2)70-54(72)74-36-60(64,65)66/h15-16,37-40,43-52H,7-14,17-36H2,1-6H3,(H,69,71)(H,70,72)/t37-,38-,39-,40-,43?,44?,45+,46+,47?,48?,49?,50?,51?,52?,55-,56-,57+,58+/m0/s1. The van der Waals surface area contributed by atoms with Crippen molar-refractivity contribution >= 4 is 127 Å². The first kappa shape index (κ1) is 62.2. The van der Waals surface area contributed by atoms with E-state index in [2.05, 4.69) is 110 Å². The van der Waals surface area contributed by atoms with E-state index in [9.17, 15) is 9.59 Å². The number of carbonyl (C=O) groups is 2. The number of ether oxygens (including phenoxy) is 3. The Hall–Kier alpha value is 1.18. The lowest BCUT2D eigenvalue weighted by atomic mass is 9.46. The normalized spacial score (nSPS) is 38.9. The van der Waals surface area contributed by atoms with E-state index in [0.717, 1.165) is 12.8 Å². The number of hydrogen-bond acceptors (Lipinski definition) is 5. The Morgan fingerprint density at radius 3 is 1.35 bits per heavy atom. The monoisotopic (exact) mass is 1380 g/mol. The Morgan fingerprint density at radius 1 is 0.573 bits per heavy atom. The summed E-state index contributed by atoms with van der Waals surface area (Å²) in [7, 11) is 0. The molecule has 8 aliphatic carbocycles. The molecule has 7 nitrogen and oxygen atoms in total. The maximum atomic E-state index is 12.8. The second kappa shape index (κ2) is 26.0. The highest BCUT2D eigenvalue weighted by Crippen LogP contribution is 2.69. The molecule has 0 heterocycles. The van der Waals surface area contributed by atoms with Crippen LogP contribution in [0.1, 0.15) is 196 Å². The molecule has 2 amide bonds. The van der Waals surface area contributed by atoms with Crippen LogP contribution in [0.5, 0.6) is 0 Å². The van der Waals surface area contributed by atoms with Crippen LogP contribution < -0.4 is 10.6 Å². The van der Waals surface area contributed by atoms with E-state index in [-0.39, 0.29) is 47.0 Å². The number of allylic oxidation sites excluding steroid dienone is 4. The number of rotatable bonds is 20. The van der Waals surface area contributed by atoms with Crippen LogP contribution in [0.15, 0.2) is 23.3 Å². The first-order chi connectivity index (χ1) is 35.4. The van der Waals surface area contributed by atoms with Crippen LogP contribution in [-0.4, -0.2) is 66.1 Å². The third-order valence-electron chi connectivity index (χ3n) is 22.7. The molecule has 0 bridgehead atoms. The molecule has 8 aliphatic rings. The zero-order valence-electron chi connectivity index (χ0n) is 46.1. The number of hydrogen-bond donors (Lipinski definition) is 2. The summed E-state index contributed by atoms with van der Waals surface area (Å²) in [5, 5.41) is 6.25. The van der Waals surface area contributed by atoms with Gasteiger partial charge in [-0.25, -0.2) is 9.59 Å². The molecule has 6 fully saturated rings. The average Bonchev–Trinajstić information content (AvgIpc) is 3.92. The van der Waals surface area contributed by atoms with Gasteiger partial charge in [-0.05, 0) is 232 Å². The van der Waals surface area contributed by atoms with Crippen molar-refractivity contribution in [2.45, 2.75) is 228 Å². The van der Waals surface area contributed by atoms with Gasteiger partial charge < -0.3 is 24.8 Å². The van der Waals surface area contributed by atoms with Gasteiger partial charge in [0.15, 0.2) is 0 Å². The van der Waals surface area contributed by atoms with Gasteiger partial charge in [0, 0.05) is 12.1 Å². The van der Waals surface area contributed by atoms with Gasteiger partial charge in [0.1, 0.15) is 13.2 Å². The van der Waals surface area contributed by atoms with Crippen molar-refractivity contribution in [1.29, 1.82) is 0 Å². The summed E-state index contributed by atoms with van der Waals surface area (Å²) in [5.74, 6) is 6.08. The highest BCUT2D eigenvalue weighted by atomic mass is 127. The molecule has 0 aromatic heterocycles. The molecular weight excluding hydrogens is 1300 g/mol. The van der Waals surface area contributed by atoms with E-state index >= 15 is 0 Å². The molecule has 6 saturated carbocycles. The van der Waals surface area contributed by atoms with Crippen molar-refractivity contribution < 1.29 is 23.8 Å². The zero-order valence-corrected chi connectivity index (χ0v) is 55.0. The van der Waals surface area contributed by atoms with Crippen molar-refractivity contribution in [2.75, 3.05) is 22.1 Å². The third-order valence-corrected chi connectivity index (χ3v) is 24.9. The van der Waals surface area contributed by atoms with Gasteiger partial charge in [-0.1, -0.05) is 191 Å². The number of nitrogens with one attached hydrogen (secondary N) is 2. The number of unbranched alkanes of at least 4 members (excludes halogenated alkanes) is 4. The predicted octanol–water partition coefficient (Wildman–Crippen LogP) is 19.1. The minimum atomic E-state index is -1.62. The van der Waals surface area contributed by atoms with Crippen LogP contribution in [0.3, 0.4) is 0 Å². The van der Waals surface area contributed by atoms with Crippen LogP contribution in [0, 0.1) is 80.8 Å². The van der Waals surface area contributed by atoms with Gasteiger partial charge in [0.05, 0.1) is 12.2 Å². The summed E-state index contributed by atoms with van der Waals surface area (Å²) in [5.41, 5.74) is 4.37. The Kier molecular flexibility index (Phi) is 21.6. The van der Waals surface area contributed by atoms with E-state index in [1.807, 2.05) is 0 Å². The first-order valence-corrected chi connectivity index (χ1v) is 34.9. The Morgan fingerprint density at radius 2 is 0.973 bits per heavy atom. The number of alkyl halides is 8. The van der Waals surface area contributed by atoms with Crippen molar-refractivity contribution in [3.63, 3.8) is 0 Å². The summed E-state index contributed by atoms with van der Waals surface area (Å²) in [6.45, 7) is 14.1. The number of alkyl carbamates (subject to hydrolysis) is 2. The van der Waals surface area contributed by atoms with Crippen LogP contribution in [-0.2, 0) is 14.2 Å². The Labute approximate surface area is 510 Å². The molecule has 18 atom stereocenters. The largest absolute Gasteiger partial charge is 0.445 e. The molecule has 0 aromatic carbocycles. The second-order valence-electron chi connectivity index (χ2n) is 26.5. The fourth-order valence-electron chi connectivity index (χ4n) is 19.0. The van der Waals surface area contributed by atoms with E-state index in [1.54, 1.807) is 11.1 Å². The van der Waals surface area contributed by atoms with Gasteiger partial charge in [-0.2, -0.15) is 0 Å². The molecule has 428 valence electrons. The number of halogens is 8. The van der Waals surface area contributed by atoms with E-state index in [0.29, 0.717) is 71.4 Å². The maximum absolute atomic E-state index is 12.8. The smallest absolute Gasteiger partial charge is 0.407 e. The maximum Gasteiger partial charge on any atom is 0.407 e. The second-order valence-corrected chi connectivity index (χ2v) is 33.7. The van der Waals surface area contributed by atoms with E-state index in [1.165, 1.54) is 150 Å². The van der Waals surface area contributed by atoms with Gasteiger partial charge in [-0.3, -0.25) is 0 Å². The highest BCUT2D eigenvalue weighted by Gasteiger charge is 2.62. The van der Waals surface area contributed by atoms with Crippen molar-refractivity contribution in [3.05, 3.63) is 23.3 Å². The topological polar surface area (TPSA) is 85.9 Å². The average molecular weight is 1390 g/mol. The molecule has 0 spiro atoms. The van der Waals surface area contributed by atoms with E-state index < -0.39 is 19.8 Å². The van der Waals surface area contributed by atoms with Gasteiger partial charge in [0.25, 0.3) is 0 Å². The summed E-state index contributed by atoms with van der Waals surface area (Å²) < 4.78 is 17.7. The fraction of sp³-hybridized carbons (Fsp3) is 0.900. The molecule has 8 unspecified atom stereocenters. The molecule has 0 radical (unpaired) electrons.